The third kappa shape index (κ3) is 7.47. The molecule has 47 heavy (non-hydrogen) atoms. The molecule has 0 aliphatic carbocycles. The molecule has 0 fully saturated rings. The van der Waals surface area contributed by atoms with Crippen LogP contribution in [0, 0.1) is 10.1 Å². The lowest BCUT2D eigenvalue weighted by molar-refractivity contribution is -0.383. The van der Waals surface area contributed by atoms with E-state index in [1.54, 1.807) is 43.3 Å². The average molecular weight is 709 g/mol. The molecule has 250 valence electrons. The van der Waals surface area contributed by atoms with Crippen LogP contribution in [-0.2, 0) is 23.9 Å². The second kappa shape index (κ2) is 13.3. The summed E-state index contributed by atoms with van der Waals surface area (Å²) in [5.74, 6) is -1.05. The second-order valence-corrected chi connectivity index (χ2v) is 14.4. The number of H-pyrrole nitrogens is 1. The fourth-order valence-corrected chi connectivity index (χ4v) is 7.09. The van der Waals surface area contributed by atoms with Gasteiger partial charge in [-0.2, -0.15) is 0 Å². The lowest BCUT2D eigenvalue weighted by atomic mass is 9.95. The van der Waals surface area contributed by atoms with Crippen LogP contribution in [0.4, 0.5) is 17.1 Å². The Labute approximate surface area is 273 Å². The number of nitro benzene ring substituents is 1. The van der Waals surface area contributed by atoms with E-state index < -0.39 is 53.4 Å². The van der Waals surface area contributed by atoms with Crippen molar-refractivity contribution in [3.63, 3.8) is 0 Å². The number of anilines is 2. The molecule has 2 heterocycles. The van der Waals surface area contributed by atoms with Crippen molar-refractivity contribution >= 4 is 80.0 Å². The van der Waals surface area contributed by atoms with Gasteiger partial charge in [-0.25, -0.2) is 17.7 Å². The van der Waals surface area contributed by atoms with E-state index in [9.17, 15) is 32.7 Å². The number of nitro groups is 1. The monoisotopic (exact) mass is 708 g/mol. The van der Waals surface area contributed by atoms with E-state index in [-0.39, 0.29) is 46.5 Å². The van der Waals surface area contributed by atoms with Crippen LogP contribution in [0.1, 0.15) is 22.0 Å². The zero-order valence-electron chi connectivity index (χ0n) is 25.0. The van der Waals surface area contributed by atoms with E-state index in [0.717, 1.165) is 6.07 Å². The average Bonchev–Trinajstić information content (AvgIpc) is 3.58. The highest BCUT2D eigenvalue weighted by atomic mass is 35.5. The van der Waals surface area contributed by atoms with Gasteiger partial charge in [0.15, 0.2) is 0 Å². The van der Waals surface area contributed by atoms with E-state index in [2.05, 4.69) is 19.5 Å². The Morgan fingerprint density at radius 2 is 1.91 bits per heavy atom. The summed E-state index contributed by atoms with van der Waals surface area (Å²) in [7, 11) is -5.52. The van der Waals surface area contributed by atoms with Crippen LogP contribution in [0.25, 0.3) is 21.7 Å². The van der Waals surface area contributed by atoms with Gasteiger partial charge in [0, 0.05) is 47.5 Å². The molecular weight excluding hydrogens is 679 g/mol. The Hall–Kier alpha value is -3.93. The van der Waals surface area contributed by atoms with Gasteiger partial charge in [0.05, 0.1) is 34.0 Å². The van der Waals surface area contributed by atoms with E-state index in [0.29, 0.717) is 27.5 Å². The number of fused-ring (bicyclic) bond motifs is 4. The third-order valence-electron chi connectivity index (χ3n) is 7.40. The molecule has 1 unspecified atom stereocenters. The van der Waals surface area contributed by atoms with Crippen molar-refractivity contribution in [2.75, 3.05) is 56.4 Å². The van der Waals surface area contributed by atoms with Crippen LogP contribution in [0.15, 0.2) is 53.4 Å². The van der Waals surface area contributed by atoms with Gasteiger partial charge in [0.25, 0.3) is 11.6 Å². The third-order valence-corrected chi connectivity index (χ3v) is 9.75. The quantitative estimate of drug-likeness (QED) is 0.0473. The van der Waals surface area contributed by atoms with Crippen molar-refractivity contribution in [2.24, 2.45) is 0 Å². The number of aromatic nitrogens is 1. The number of benzene rings is 3. The first-order valence-corrected chi connectivity index (χ1v) is 17.5. The molecule has 1 aliphatic rings. The molecule has 1 aromatic heterocycles. The summed E-state index contributed by atoms with van der Waals surface area (Å²) in [6, 6.07) is 11.8. The van der Waals surface area contributed by atoms with Crippen LogP contribution in [0.5, 0.6) is 0 Å². The van der Waals surface area contributed by atoms with Crippen molar-refractivity contribution in [3.8, 4) is 0 Å². The number of nitrogens with one attached hydrogen (secondary N) is 3. The van der Waals surface area contributed by atoms with E-state index >= 15 is 0 Å². The molecule has 1 aliphatic heterocycles. The first kappa shape index (κ1) is 34.4. The minimum Gasteiger partial charge on any atom is -0.351 e. The molecule has 3 aromatic carbocycles. The molecule has 16 nitrogen and oxygen atoms in total. The first-order valence-electron chi connectivity index (χ1n) is 14.0. The van der Waals surface area contributed by atoms with Gasteiger partial charge in [-0.1, -0.05) is 6.07 Å². The number of sulfonamides is 1. The highest BCUT2D eigenvalue weighted by Gasteiger charge is 2.37. The maximum atomic E-state index is 13.9. The highest BCUT2D eigenvalue weighted by molar-refractivity contribution is 7.89. The van der Waals surface area contributed by atoms with Crippen LogP contribution in [0.2, 0.25) is 0 Å². The van der Waals surface area contributed by atoms with Gasteiger partial charge in [0.2, 0.25) is 15.9 Å². The largest absolute Gasteiger partial charge is 0.469 e. The summed E-state index contributed by atoms with van der Waals surface area (Å²) in [6.45, 7) is -0.784. The first-order chi connectivity index (χ1) is 22.1. The minimum absolute atomic E-state index is 0.00182. The van der Waals surface area contributed by atoms with Crippen LogP contribution in [0.3, 0.4) is 0 Å². The number of hydrogen-bond donors (Lipinski definition) is 5. The van der Waals surface area contributed by atoms with Crippen molar-refractivity contribution in [3.05, 3.63) is 69.9 Å². The SMILES string of the molecule is CN(C)CC(=O)Nc1ccc2[nH]c(C(=O)N3CC(CCl)c4c3cc([N+](=O)[O-])c3cc(S(=O)(=O)NCCOP(=O)(O)O)ccc43)cc2c1. The number of phosphoric ester groups is 1. The number of non-ortho nitro benzene ring substituents is 1. The molecule has 0 spiro atoms. The van der Waals surface area contributed by atoms with Gasteiger partial charge in [-0.15, -0.1) is 11.6 Å². The zero-order valence-corrected chi connectivity index (χ0v) is 27.4. The Balaban J connectivity index is 1.48. The fourth-order valence-electron chi connectivity index (χ4n) is 5.47. The van der Waals surface area contributed by atoms with Crippen molar-refractivity contribution in [1.82, 2.24) is 14.6 Å². The fraction of sp³-hybridized carbons (Fsp3) is 0.286. The molecule has 5 N–H and O–H groups in total. The van der Waals surface area contributed by atoms with Gasteiger partial charge >= 0.3 is 7.82 Å². The number of likely N-dealkylation sites (N-methyl/N-ethyl adjacent to an activating group) is 1. The maximum Gasteiger partial charge on any atom is 0.469 e. The Kier molecular flexibility index (Phi) is 9.73. The molecule has 2 amide bonds. The smallest absolute Gasteiger partial charge is 0.351 e. The number of nitrogens with zero attached hydrogens (tertiary/aromatic N) is 3. The zero-order chi connectivity index (χ0) is 34.3. The molecular formula is C28H30ClN6O10PS. The number of hydrogen-bond acceptors (Lipinski definition) is 9. The summed E-state index contributed by atoms with van der Waals surface area (Å²) in [4.78, 5) is 61.1. The van der Waals surface area contributed by atoms with Crippen LogP contribution < -0.4 is 14.9 Å². The van der Waals surface area contributed by atoms with E-state index in [4.69, 9.17) is 21.4 Å². The molecule has 5 rings (SSSR count). The number of phosphoric acid groups is 1. The summed E-state index contributed by atoms with van der Waals surface area (Å²) < 4.78 is 43.0. The molecule has 1 atom stereocenters. The number of aromatic amines is 1. The number of amides is 2. The maximum absolute atomic E-state index is 13.9. The standard InChI is InChI=1S/C28H30ClN6O10PS/c1-33(2)15-26(36)31-18-3-6-22-16(9-18)10-23(32-22)28(37)34-14-17(13-29)27-20-5-4-19(11-21(20)24(35(38)39)12-25(27)34)47(43,44)30-7-8-45-46(40,41)42/h3-6,9-12,17,30,32H,7-8,13-15H2,1-2H3,(H,31,36)(H2,40,41,42). The predicted molar refractivity (Wildman–Crippen MR) is 174 cm³/mol. The highest BCUT2D eigenvalue weighted by Crippen LogP contribution is 2.46. The number of rotatable bonds is 12. The molecule has 0 radical (unpaired) electrons. The van der Waals surface area contributed by atoms with Gasteiger partial charge in [0.1, 0.15) is 5.69 Å². The summed E-state index contributed by atoms with van der Waals surface area (Å²) >= 11 is 6.33. The lowest BCUT2D eigenvalue weighted by Crippen LogP contribution is -2.30. The van der Waals surface area contributed by atoms with Crippen molar-refractivity contribution < 1.29 is 41.8 Å². The van der Waals surface area contributed by atoms with Crippen LogP contribution >= 0.6 is 19.4 Å². The van der Waals surface area contributed by atoms with E-state index in [1.807, 2.05) is 0 Å². The molecule has 0 saturated carbocycles. The summed E-state index contributed by atoms with van der Waals surface area (Å²) in [5.41, 5.74) is 1.75. The van der Waals surface area contributed by atoms with Crippen molar-refractivity contribution in [1.29, 1.82) is 0 Å². The number of halogens is 1. The van der Waals surface area contributed by atoms with Gasteiger partial charge < -0.3 is 29.9 Å². The number of alkyl halides is 1. The Bertz CT molecular complexity index is 2070. The minimum atomic E-state index is -4.80. The van der Waals surface area contributed by atoms with E-state index in [1.165, 1.54) is 23.1 Å². The number of carbonyl (C=O) groups is 2. The van der Waals surface area contributed by atoms with Crippen LogP contribution in [-0.4, -0.2) is 91.0 Å². The Morgan fingerprint density at radius 1 is 1.17 bits per heavy atom. The summed E-state index contributed by atoms with van der Waals surface area (Å²) in [5, 5.41) is 16.1. The molecule has 19 heteroatoms. The lowest BCUT2D eigenvalue weighted by Gasteiger charge is -2.17. The van der Waals surface area contributed by atoms with Crippen molar-refractivity contribution in [2.45, 2.75) is 10.8 Å². The molecule has 4 aromatic rings. The summed E-state index contributed by atoms with van der Waals surface area (Å²) in [6.07, 6.45) is 0. The molecule has 0 bridgehead atoms. The molecule has 0 saturated heterocycles. The Morgan fingerprint density at radius 3 is 2.57 bits per heavy atom. The predicted octanol–water partition coefficient (Wildman–Crippen LogP) is 3.10. The second-order valence-electron chi connectivity index (χ2n) is 11.1. The van der Waals surface area contributed by atoms with Gasteiger partial charge in [-0.3, -0.25) is 24.2 Å². The topological polar surface area (TPSA) is 225 Å². The normalized spacial score (nSPS) is 15.0. The van der Waals surface area contributed by atoms with Gasteiger partial charge in [-0.05, 0) is 61.4 Å². The number of carbonyl (C=O) groups excluding carboxylic acids is 2.